The van der Waals surface area contributed by atoms with Crippen LogP contribution in [-0.2, 0) is 0 Å². The first-order valence-corrected chi connectivity index (χ1v) is 7.29. The molecule has 0 aliphatic heterocycles. The third kappa shape index (κ3) is 13.9. The molecule has 4 heteroatoms. The summed E-state index contributed by atoms with van der Waals surface area (Å²) >= 11 is 0. The van der Waals surface area contributed by atoms with Crippen molar-refractivity contribution in [2.45, 2.75) is 47.1 Å². The minimum Gasteiger partial charge on any atom is -0.396 e. The molecule has 0 bridgehead atoms. The summed E-state index contributed by atoms with van der Waals surface area (Å²) < 4.78 is 0. The van der Waals surface area contributed by atoms with E-state index >= 15 is 0 Å². The van der Waals surface area contributed by atoms with Gasteiger partial charge in [-0.3, -0.25) is 0 Å². The predicted molar refractivity (Wildman–Crippen MR) is 79.0 cm³/mol. The van der Waals surface area contributed by atoms with Crippen molar-refractivity contribution in [2.24, 2.45) is 0 Å². The van der Waals surface area contributed by atoms with Crippen LogP contribution in [0.25, 0.3) is 0 Å². The van der Waals surface area contributed by atoms with Gasteiger partial charge in [0, 0.05) is 19.7 Å². The highest BCUT2D eigenvalue weighted by molar-refractivity contribution is 4.55. The topological polar surface area (TPSA) is 46.9 Å². The number of hydrogen-bond donors (Lipinski definition) is 2. The van der Waals surface area contributed by atoms with Crippen LogP contribution in [0.1, 0.15) is 41.0 Å². The summed E-state index contributed by atoms with van der Waals surface area (Å²) in [4.78, 5) is 4.50. The molecule has 0 aromatic rings. The van der Waals surface area contributed by atoms with Gasteiger partial charge in [0.15, 0.2) is 0 Å². The van der Waals surface area contributed by atoms with Crippen LogP contribution in [0.5, 0.6) is 0 Å². The van der Waals surface area contributed by atoms with Crippen LogP contribution < -0.4 is 0 Å². The van der Waals surface area contributed by atoms with Crippen molar-refractivity contribution < 1.29 is 10.2 Å². The summed E-state index contributed by atoms with van der Waals surface area (Å²) in [6.07, 6.45) is 0.715. The van der Waals surface area contributed by atoms with E-state index in [-0.39, 0.29) is 6.10 Å². The van der Waals surface area contributed by atoms with E-state index in [1.807, 2.05) is 6.92 Å². The zero-order valence-corrected chi connectivity index (χ0v) is 13.0. The van der Waals surface area contributed by atoms with Crippen molar-refractivity contribution in [3.63, 3.8) is 0 Å². The second-order valence-corrected chi connectivity index (χ2v) is 4.44. The minimum atomic E-state index is -0.190. The van der Waals surface area contributed by atoms with Gasteiger partial charge in [-0.1, -0.05) is 27.7 Å². The lowest BCUT2D eigenvalue weighted by Gasteiger charge is -2.18. The molecule has 18 heavy (non-hydrogen) atoms. The smallest absolute Gasteiger partial charge is 0.0639 e. The predicted octanol–water partition coefficient (Wildman–Crippen LogP) is 1.42. The standard InChI is InChI=1S/2C7H17NO/c1-4-8(5-2)6-7(3)9;1-3-8(4-2)6-5-7-9/h7,9H,4-6H2,1-3H3;9H,3-7H2,1-2H3. The third-order valence-corrected chi connectivity index (χ3v) is 2.94. The third-order valence-electron chi connectivity index (χ3n) is 2.94. The lowest BCUT2D eigenvalue weighted by Crippen LogP contribution is -2.30. The Balaban J connectivity index is 0. The Bertz CT molecular complexity index is 147. The van der Waals surface area contributed by atoms with Gasteiger partial charge in [-0.15, -0.1) is 0 Å². The highest BCUT2D eigenvalue weighted by Gasteiger charge is 2.01. The highest BCUT2D eigenvalue weighted by atomic mass is 16.3. The molecule has 0 heterocycles. The van der Waals surface area contributed by atoms with Crippen LogP contribution in [0.4, 0.5) is 0 Å². The van der Waals surface area contributed by atoms with Crippen molar-refractivity contribution in [2.75, 3.05) is 45.9 Å². The fourth-order valence-electron chi connectivity index (χ4n) is 1.69. The number of nitrogens with zero attached hydrogens (tertiary/aromatic N) is 2. The van der Waals surface area contributed by atoms with E-state index in [0.717, 1.165) is 45.7 Å². The molecule has 0 amide bonds. The lowest BCUT2D eigenvalue weighted by molar-refractivity contribution is 0.133. The molecule has 2 N–H and O–H groups in total. The molecular formula is C14H34N2O2. The van der Waals surface area contributed by atoms with Crippen LogP contribution in [0.3, 0.4) is 0 Å². The maximum atomic E-state index is 8.94. The molecule has 0 aliphatic carbocycles. The van der Waals surface area contributed by atoms with Crippen molar-refractivity contribution >= 4 is 0 Å². The quantitative estimate of drug-likeness (QED) is 0.660. The minimum absolute atomic E-state index is 0.190. The average molecular weight is 262 g/mol. The van der Waals surface area contributed by atoms with Crippen LogP contribution in [-0.4, -0.2) is 72.0 Å². The second-order valence-electron chi connectivity index (χ2n) is 4.44. The molecule has 0 spiro atoms. The van der Waals surface area contributed by atoms with E-state index in [9.17, 15) is 0 Å². The van der Waals surface area contributed by atoms with Crippen molar-refractivity contribution in [1.82, 2.24) is 9.80 Å². The molecule has 1 atom stereocenters. The van der Waals surface area contributed by atoms with Crippen molar-refractivity contribution in [1.29, 1.82) is 0 Å². The van der Waals surface area contributed by atoms with Crippen LogP contribution in [0.2, 0.25) is 0 Å². The maximum absolute atomic E-state index is 8.94. The van der Waals surface area contributed by atoms with E-state index in [2.05, 4.69) is 37.5 Å². The second kappa shape index (κ2) is 14.9. The van der Waals surface area contributed by atoms with Crippen LogP contribution in [0, 0.1) is 0 Å². The zero-order chi connectivity index (χ0) is 14.4. The Hall–Kier alpha value is -0.160. The van der Waals surface area contributed by atoms with Crippen molar-refractivity contribution in [3.05, 3.63) is 0 Å². The van der Waals surface area contributed by atoms with E-state index in [1.165, 1.54) is 0 Å². The molecule has 0 saturated carbocycles. The molecular weight excluding hydrogens is 228 g/mol. The number of aliphatic hydroxyl groups excluding tert-OH is 2. The summed E-state index contributed by atoms with van der Waals surface area (Å²) in [5.41, 5.74) is 0. The summed E-state index contributed by atoms with van der Waals surface area (Å²) in [5.74, 6) is 0. The molecule has 0 rings (SSSR count). The summed E-state index contributed by atoms with van der Waals surface area (Å²) in [6.45, 7) is 16.7. The lowest BCUT2D eigenvalue weighted by atomic mass is 10.3. The van der Waals surface area contributed by atoms with Crippen LogP contribution in [0.15, 0.2) is 0 Å². The van der Waals surface area contributed by atoms with E-state index in [4.69, 9.17) is 10.2 Å². The first-order valence-electron chi connectivity index (χ1n) is 7.29. The van der Waals surface area contributed by atoms with Crippen molar-refractivity contribution in [3.8, 4) is 0 Å². The first kappa shape index (κ1) is 20.2. The van der Waals surface area contributed by atoms with Gasteiger partial charge in [-0.2, -0.15) is 0 Å². The van der Waals surface area contributed by atoms with Gasteiger partial charge in [0.25, 0.3) is 0 Å². The SMILES string of the molecule is CCN(CC)CC(C)O.CCN(CC)CCCO. The number of hydrogen-bond acceptors (Lipinski definition) is 4. The van der Waals surface area contributed by atoms with E-state index < -0.39 is 0 Å². The molecule has 0 saturated heterocycles. The number of likely N-dealkylation sites (N-methyl/N-ethyl adjacent to an activating group) is 1. The Morgan fingerprint density at radius 3 is 1.56 bits per heavy atom. The fraction of sp³-hybridized carbons (Fsp3) is 1.00. The van der Waals surface area contributed by atoms with Gasteiger partial charge in [0.05, 0.1) is 6.10 Å². The zero-order valence-electron chi connectivity index (χ0n) is 13.0. The van der Waals surface area contributed by atoms with Gasteiger partial charge >= 0.3 is 0 Å². The largest absolute Gasteiger partial charge is 0.396 e. The fourth-order valence-corrected chi connectivity index (χ4v) is 1.69. The molecule has 0 radical (unpaired) electrons. The van der Waals surface area contributed by atoms with E-state index in [1.54, 1.807) is 0 Å². The first-order chi connectivity index (χ1) is 8.55. The van der Waals surface area contributed by atoms with Gasteiger partial charge in [-0.25, -0.2) is 0 Å². The molecule has 112 valence electrons. The van der Waals surface area contributed by atoms with E-state index in [0.29, 0.717) is 6.61 Å². The molecule has 0 aromatic carbocycles. The maximum Gasteiger partial charge on any atom is 0.0639 e. The van der Waals surface area contributed by atoms with Gasteiger partial charge in [0.1, 0.15) is 0 Å². The number of aliphatic hydroxyl groups is 2. The average Bonchev–Trinajstić information content (AvgIpc) is 2.38. The monoisotopic (exact) mass is 262 g/mol. The molecule has 4 nitrogen and oxygen atoms in total. The summed E-state index contributed by atoms with van der Waals surface area (Å²) in [7, 11) is 0. The normalized spacial score (nSPS) is 12.5. The molecule has 0 aromatic heterocycles. The Morgan fingerprint density at radius 1 is 0.889 bits per heavy atom. The molecule has 1 unspecified atom stereocenters. The van der Waals surface area contributed by atoms with Gasteiger partial charge in [-0.05, 0) is 39.5 Å². The number of rotatable bonds is 9. The highest BCUT2D eigenvalue weighted by Crippen LogP contribution is 1.89. The van der Waals surface area contributed by atoms with Gasteiger partial charge < -0.3 is 20.0 Å². The Kier molecular flexibility index (Phi) is 16.7. The van der Waals surface area contributed by atoms with Crippen LogP contribution >= 0.6 is 0 Å². The summed E-state index contributed by atoms with van der Waals surface area (Å²) in [5, 5.41) is 17.4. The molecule has 0 fully saturated rings. The summed E-state index contributed by atoms with van der Waals surface area (Å²) in [6, 6.07) is 0. The Labute approximate surface area is 114 Å². The Morgan fingerprint density at radius 2 is 1.33 bits per heavy atom. The molecule has 0 aliphatic rings. The van der Waals surface area contributed by atoms with Gasteiger partial charge in [0.2, 0.25) is 0 Å².